The molecule has 3 aliphatic heterocycles. The minimum Gasteiger partial charge on any atom is -0.368 e. The summed E-state index contributed by atoms with van der Waals surface area (Å²) in [5, 5.41) is 2.62. The van der Waals surface area contributed by atoms with Gasteiger partial charge in [-0.3, -0.25) is 0 Å². The Labute approximate surface area is 238 Å². The molecule has 4 heterocycles. The second-order valence-electron chi connectivity index (χ2n) is 11.3. The molecule has 2 aromatic carbocycles. The van der Waals surface area contributed by atoms with Crippen molar-refractivity contribution >= 4 is 28.0 Å². The molecule has 0 atom stereocenters. The molecule has 7 nitrogen and oxygen atoms in total. The summed E-state index contributed by atoms with van der Waals surface area (Å²) in [7, 11) is 2.18. The predicted molar refractivity (Wildman–Crippen MR) is 167 cm³/mol. The first-order valence-electron chi connectivity index (χ1n) is 14.5. The summed E-state index contributed by atoms with van der Waals surface area (Å²) >= 11 is 0. The molecule has 0 N–H and O–H groups in total. The highest BCUT2D eigenvalue weighted by Crippen LogP contribution is 2.35. The SMILES string of the molecule is C=CC(=C)N1CCN(c2nc(C(=C)N3CCN(C)CC3)nc3c2CCN(c2cccc4cccc(C)c24)C3)CC1. The molecule has 2 saturated heterocycles. The largest absolute Gasteiger partial charge is 0.368 e. The highest BCUT2D eigenvalue weighted by molar-refractivity contribution is 5.97. The molecule has 0 aliphatic carbocycles. The summed E-state index contributed by atoms with van der Waals surface area (Å²) in [4.78, 5) is 22.4. The Morgan fingerprint density at radius 1 is 0.825 bits per heavy atom. The number of piperazine rings is 2. The van der Waals surface area contributed by atoms with Crippen LogP contribution in [0.2, 0.25) is 0 Å². The summed E-state index contributed by atoms with van der Waals surface area (Å²) in [5.74, 6) is 1.86. The summed E-state index contributed by atoms with van der Waals surface area (Å²) in [6.45, 7) is 24.1. The van der Waals surface area contributed by atoms with Crippen LogP contribution in [0.5, 0.6) is 0 Å². The van der Waals surface area contributed by atoms with E-state index in [1.54, 1.807) is 0 Å². The van der Waals surface area contributed by atoms with E-state index >= 15 is 0 Å². The predicted octanol–water partition coefficient (Wildman–Crippen LogP) is 4.54. The van der Waals surface area contributed by atoms with Gasteiger partial charge in [-0.15, -0.1) is 0 Å². The van der Waals surface area contributed by atoms with Gasteiger partial charge in [-0.05, 0) is 43.5 Å². The van der Waals surface area contributed by atoms with Crippen LogP contribution < -0.4 is 9.80 Å². The molecular formula is C33H41N7. The van der Waals surface area contributed by atoms with E-state index in [0.29, 0.717) is 0 Å². The van der Waals surface area contributed by atoms with E-state index in [2.05, 4.69) is 94.6 Å². The van der Waals surface area contributed by atoms with Crippen LogP contribution in [-0.4, -0.2) is 90.6 Å². The van der Waals surface area contributed by atoms with Crippen molar-refractivity contribution in [3.63, 3.8) is 0 Å². The van der Waals surface area contributed by atoms with E-state index in [0.717, 1.165) is 101 Å². The van der Waals surface area contributed by atoms with Crippen LogP contribution in [0, 0.1) is 6.92 Å². The minimum atomic E-state index is 0.771. The van der Waals surface area contributed by atoms with Crippen LogP contribution >= 0.6 is 0 Å². The second-order valence-corrected chi connectivity index (χ2v) is 11.3. The monoisotopic (exact) mass is 535 g/mol. The lowest BCUT2D eigenvalue weighted by atomic mass is 9.99. The van der Waals surface area contributed by atoms with Crippen LogP contribution in [0.4, 0.5) is 11.5 Å². The van der Waals surface area contributed by atoms with Gasteiger partial charge in [0.15, 0.2) is 5.82 Å². The van der Waals surface area contributed by atoms with Crippen molar-refractivity contribution in [3.8, 4) is 0 Å². The quantitative estimate of drug-likeness (QED) is 0.430. The number of rotatable bonds is 6. The average molecular weight is 536 g/mol. The Balaban J connectivity index is 1.35. The number of aromatic nitrogens is 2. The molecule has 0 bridgehead atoms. The van der Waals surface area contributed by atoms with Crippen LogP contribution in [0.1, 0.15) is 22.6 Å². The fourth-order valence-electron chi connectivity index (χ4n) is 6.33. The Morgan fingerprint density at radius 3 is 2.25 bits per heavy atom. The van der Waals surface area contributed by atoms with Gasteiger partial charge in [-0.1, -0.05) is 50.1 Å². The fraction of sp³-hybridized carbons (Fsp3) is 0.394. The second kappa shape index (κ2) is 11.0. The van der Waals surface area contributed by atoms with Gasteiger partial charge in [-0.2, -0.15) is 0 Å². The molecule has 0 radical (unpaired) electrons. The van der Waals surface area contributed by atoms with Crippen LogP contribution in [0.25, 0.3) is 16.5 Å². The number of likely N-dealkylation sites (N-methyl/N-ethyl adjacent to an activating group) is 1. The molecule has 208 valence electrons. The number of hydrogen-bond donors (Lipinski definition) is 0. The maximum absolute atomic E-state index is 5.24. The molecule has 3 aliphatic rings. The van der Waals surface area contributed by atoms with Gasteiger partial charge in [0, 0.05) is 81.2 Å². The lowest BCUT2D eigenvalue weighted by Crippen LogP contribution is -2.47. The highest BCUT2D eigenvalue weighted by Gasteiger charge is 2.29. The van der Waals surface area contributed by atoms with Gasteiger partial charge in [0.2, 0.25) is 0 Å². The van der Waals surface area contributed by atoms with Gasteiger partial charge < -0.3 is 24.5 Å². The van der Waals surface area contributed by atoms with E-state index in [4.69, 9.17) is 9.97 Å². The third-order valence-electron chi connectivity index (χ3n) is 8.84. The fourth-order valence-corrected chi connectivity index (χ4v) is 6.33. The molecule has 0 saturated carbocycles. The Kier molecular flexibility index (Phi) is 7.24. The smallest absolute Gasteiger partial charge is 0.177 e. The summed E-state index contributed by atoms with van der Waals surface area (Å²) in [6.07, 6.45) is 2.78. The summed E-state index contributed by atoms with van der Waals surface area (Å²) in [6, 6.07) is 13.2. The lowest BCUT2D eigenvalue weighted by molar-refractivity contribution is 0.207. The van der Waals surface area contributed by atoms with Crippen molar-refractivity contribution in [2.24, 2.45) is 0 Å². The van der Waals surface area contributed by atoms with E-state index in [1.807, 2.05) is 6.08 Å². The van der Waals surface area contributed by atoms with Crippen LogP contribution in [0.15, 0.2) is 67.9 Å². The van der Waals surface area contributed by atoms with E-state index in [9.17, 15) is 0 Å². The van der Waals surface area contributed by atoms with Gasteiger partial charge >= 0.3 is 0 Å². The normalized spacial score (nSPS) is 18.1. The van der Waals surface area contributed by atoms with Gasteiger partial charge in [0.25, 0.3) is 0 Å². The molecular weight excluding hydrogens is 494 g/mol. The number of aryl methyl sites for hydroxylation is 1. The molecule has 0 spiro atoms. The number of hydrogen-bond acceptors (Lipinski definition) is 7. The molecule has 0 unspecified atom stereocenters. The summed E-state index contributed by atoms with van der Waals surface area (Å²) in [5.41, 5.74) is 6.95. The van der Waals surface area contributed by atoms with Gasteiger partial charge in [0.1, 0.15) is 5.82 Å². The summed E-state index contributed by atoms with van der Waals surface area (Å²) < 4.78 is 0. The first-order chi connectivity index (χ1) is 19.4. The minimum absolute atomic E-state index is 0.771. The zero-order chi connectivity index (χ0) is 27.8. The van der Waals surface area contributed by atoms with E-state index in [1.165, 1.54) is 27.6 Å². The molecule has 0 amide bonds. The topological polar surface area (TPSA) is 42.0 Å². The molecule has 40 heavy (non-hydrogen) atoms. The van der Waals surface area contributed by atoms with E-state index < -0.39 is 0 Å². The number of anilines is 2. The molecule has 1 aromatic heterocycles. The molecule has 7 heteroatoms. The number of allylic oxidation sites excluding steroid dienone is 1. The third-order valence-corrected chi connectivity index (χ3v) is 8.84. The average Bonchev–Trinajstić information content (AvgIpc) is 3.00. The van der Waals surface area contributed by atoms with Crippen molar-refractivity contribution in [3.05, 3.63) is 90.6 Å². The highest BCUT2D eigenvalue weighted by atomic mass is 15.3. The molecule has 6 rings (SSSR count). The van der Waals surface area contributed by atoms with E-state index in [-0.39, 0.29) is 0 Å². The maximum Gasteiger partial charge on any atom is 0.177 e. The van der Waals surface area contributed by atoms with Crippen molar-refractivity contribution < 1.29 is 0 Å². The maximum atomic E-state index is 5.24. The Morgan fingerprint density at radius 2 is 1.52 bits per heavy atom. The first kappa shape index (κ1) is 26.4. The zero-order valence-electron chi connectivity index (χ0n) is 24.1. The molecule has 3 aromatic rings. The Hall–Kier alpha value is -3.84. The van der Waals surface area contributed by atoms with Crippen LogP contribution in [0.3, 0.4) is 0 Å². The van der Waals surface area contributed by atoms with Gasteiger partial charge in [0.05, 0.1) is 17.9 Å². The Bertz CT molecular complexity index is 1440. The van der Waals surface area contributed by atoms with Crippen molar-refractivity contribution in [1.29, 1.82) is 0 Å². The standard InChI is InChI=1S/C33H41N7/c1-6-25(3)37-19-21-39(22-20-37)33-28-13-14-40(30-12-8-11-27-10-7-9-24(2)31(27)30)23-29(28)34-32(35-33)26(4)38-17-15-36(5)16-18-38/h6-12H,1,3-4,13-23H2,2,5H3. The molecule has 2 fully saturated rings. The van der Waals surface area contributed by atoms with Crippen LogP contribution in [-0.2, 0) is 13.0 Å². The van der Waals surface area contributed by atoms with Crippen molar-refractivity contribution in [2.45, 2.75) is 19.9 Å². The third kappa shape index (κ3) is 4.94. The number of benzene rings is 2. The zero-order valence-corrected chi connectivity index (χ0v) is 24.1. The number of nitrogens with zero attached hydrogens (tertiary/aromatic N) is 7. The van der Waals surface area contributed by atoms with Crippen molar-refractivity contribution in [2.75, 3.05) is 75.8 Å². The number of fused-ring (bicyclic) bond motifs is 2. The lowest BCUT2D eigenvalue weighted by Gasteiger charge is -2.40. The van der Waals surface area contributed by atoms with Crippen molar-refractivity contribution in [1.82, 2.24) is 24.7 Å². The van der Waals surface area contributed by atoms with Gasteiger partial charge in [-0.25, -0.2) is 9.97 Å². The first-order valence-corrected chi connectivity index (χ1v) is 14.5.